The van der Waals surface area contributed by atoms with Crippen LogP contribution in [0.1, 0.15) is 24.7 Å². The number of carbonyl (C=O) groups is 2. The molecule has 0 aliphatic carbocycles. The minimum Gasteiger partial charge on any atom is -0.422 e. The highest BCUT2D eigenvalue weighted by Crippen LogP contribution is 2.44. The zero-order valence-corrected chi connectivity index (χ0v) is 14.3. The summed E-state index contributed by atoms with van der Waals surface area (Å²) in [4.78, 5) is 25.9. The largest absolute Gasteiger partial charge is 0.422 e. The van der Waals surface area contributed by atoms with Crippen LogP contribution in [0, 0.1) is 5.92 Å². The summed E-state index contributed by atoms with van der Waals surface area (Å²) in [5.74, 6) is -3.31. The van der Waals surface area contributed by atoms with Gasteiger partial charge in [0.25, 0.3) is 5.79 Å². The number of ether oxygens (including phenoxy) is 2. The maximum atomic E-state index is 12.5. The van der Waals surface area contributed by atoms with Crippen LogP contribution in [-0.4, -0.2) is 17.7 Å². The lowest BCUT2D eigenvalue weighted by atomic mass is 9.97. The molecule has 24 heavy (non-hydrogen) atoms. The third kappa shape index (κ3) is 3.62. The molecule has 0 spiro atoms. The lowest BCUT2D eigenvalue weighted by Crippen LogP contribution is -2.47. The maximum absolute atomic E-state index is 12.5. The molecule has 1 aliphatic rings. The monoisotopic (exact) mass is 342 g/mol. The Morgan fingerprint density at radius 2 is 1.38 bits per heavy atom. The van der Waals surface area contributed by atoms with Crippen molar-refractivity contribution in [2.75, 3.05) is 0 Å². The molecule has 1 aliphatic heterocycles. The summed E-state index contributed by atoms with van der Waals surface area (Å²) >= 11 is 1.45. The Morgan fingerprint density at radius 1 is 0.875 bits per heavy atom. The molecule has 4 nitrogen and oxygen atoms in total. The lowest BCUT2D eigenvalue weighted by Gasteiger charge is -2.35. The molecule has 0 bridgehead atoms. The number of benzene rings is 2. The van der Waals surface area contributed by atoms with Crippen molar-refractivity contribution in [2.45, 2.75) is 29.8 Å². The Hall–Kier alpha value is -2.27. The van der Waals surface area contributed by atoms with E-state index in [0.717, 1.165) is 10.5 Å². The van der Waals surface area contributed by atoms with Crippen LogP contribution >= 0.6 is 11.8 Å². The van der Waals surface area contributed by atoms with Crippen molar-refractivity contribution in [3.05, 3.63) is 66.2 Å². The van der Waals surface area contributed by atoms with Gasteiger partial charge in [0.1, 0.15) is 0 Å². The second-order valence-electron chi connectivity index (χ2n) is 5.98. The van der Waals surface area contributed by atoms with Gasteiger partial charge in [0, 0.05) is 18.7 Å². The van der Waals surface area contributed by atoms with Crippen LogP contribution in [0.2, 0.25) is 0 Å². The Morgan fingerprint density at radius 3 is 1.92 bits per heavy atom. The first-order valence-electron chi connectivity index (χ1n) is 7.69. The minimum absolute atomic E-state index is 0.412. The van der Waals surface area contributed by atoms with E-state index in [1.807, 2.05) is 60.7 Å². The number of rotatable bonds is 4. The Kier molecular flexibility index (Phi) is 4.62. The molecule has 3 rings (SSSR count). The lowest BCUT2D eigenvalue weighted by molar-refractivity contribution is -0.239. The molecule has 2 aromatic rings. The van der Waals surface area contributed by atoms with E-state index in [1.54, 1.807) is 13.8 Å². The van der Waals surface area contributed by atoms with E-state index >= 15 is 0 Å². The van der Waals surface area contributed by atoms with Crippen molar-refractivity contribution in [1.29, 1.82) is 0 Å². The summed E-state index contributed by atoms with van der Waals surface area (Å²) in [6.07, 6.45) is 0. The molecular weight excluding hydrogens is 324 g/mol. The molecule has 1 heterocycles. The molecule has 0 radical (unpaired) electrons. The number of thioether (sulfide) groups is 1. The van der Waals surface area contributed by atoms with Crippen LogP contribution in [0.25, 0.3) is 0 Å². The standard InChI is InChI=1S/C19H18O4S/c1-19(2)22-17(20)15(18(21)23-19)16(13-9-5-3-6-10-13)24-14-11-7-4-8-12-14/h3-12,15-16H,1-2H3. The second-order valence-corrected chi connectivity index (χ2v) is 7.20. The van der Waals surface area contributed by atoms with E-state index in [2.05, 4.69) is 0 Å². The zero-order chi connectivity index (χ0) is 17.2. The van der Waals surface area contributed by atoms with E-state index in [1.165, 1.54) is 11.8 Å². The van der Waals surface area contributed by atoms with E-state index in [0.29, 0.717) is 0 Å². The summed E-state index contributed by atoms with van der Waals surface area (Å²) in [6.45, 7) is 3.11. The summed E-state index contributed by atoms with van der Waals surface area (Å²) in [6, 6.07) is 19.1. The summed E-state index contributed by atoms with van der Waals surface area (Å²) in [7, 11) is 0. The fraction of sp³-hybridized carbons (Fsp3) is 0.263. The van der Waals surface area contributed by atoms with Gasteiger partial charge in [-0.05, 0) is 17.7 Å². The van der Waals surface area contributed by atoms with Gasteiger partial charge in [0.15, 0.2) is 5.92 Å². The number of carbonyl (C=O) groups excluding carboxylic acids is 2. The third-order valence-electron chi connectivity index (χ3n) is 3.64. The first kappa shape index (κ1) is 16.6. The number of hydrogen-bond donors (Lipinski definition) is 0. The average Bonchev–Trinajstić information content (AvgIpc) is 2.54. The van der Waals surface area contributed by atoms with E-state index in [-0.39, 0.29) is 0 Å². The van der Waals surface area contributed by atoms with Gasteiger partial charge < -0.3 is 9.47 Å². The molecule has 1 fully saturated rings. The predicted molar refractivity (Wildman–Crippen MR) is 91.2 cm³/mol. The van der Waals surface area contributed by atoms with Crippen molar-refractivity contribution in [3.63, 3.8) is 0 Å². The van der Waals surface area contributed by atoms with Gasteiger partial charge in [0.05, 0.1) is 5.25 Å². The Bertz CT molecular complexity index is 708. The highest BCUT2D eigenvalue weighted by molar-refractivity contribution is 7.99. The average molecular weight is 342 g/mol. The Labute approximate surface area is 145 Å². The van der Waals surface area contributed by atoms with Gasteiger partial charge in [-0.25, -0.2) is 0 Å². The smallest absolute Gasteiger partial charge is 0.325 e. The molecular formula is C19H18O4S. The third-order valence-corrected chi connectivity index (χ3v) is 4.98. The van der Waals surface area contributed by atoms with Crippen molar-refractivity contribution in [2.24, 2.45) is 5.92 Å². The van der Waals surface area contributed by atoms with Gasteiger partial charge in [-0.15, -0.1) is 11.8 Å². The number of hydrogen-bond acceptors (Lipinski definition) is 5. The van der Waals surface area contributed by atoms with Crippen molar-refractivity contribution >= 4 is 23.7 Å². The first-order chi connectivity index (χ1) is 11.5. The number of cyclic esters (lactones) is 2. The molecule has 0 saturated carbocycles. The SMILES string of the molecule is CC1(C)OC(=O)C(C(Sc2ccccc2)c2ccccc2)C(=O)O1. The Balaban J connectivity index is 1.96. The van der Waals surface area contributed by atoms with Crippen molar-refractivity contribution in [1.82, 2.24) is 0 Å². The fourth-order valence-electron chi connectivity index (χ4n) is 2.59. The molecule has 2 aromatic carbocycles. The molecule has 5 heteroatoms. The van der Waals surface area contributed by atoms with E-state index in [9.17, 15) is 9.59 Å². The second kappa shape index (κ2) is 6.69. The van der Waals surface area contributed by atoms with Crippen LogP contribution in [0.3, 0.4) is 0 Å². The van der Waals surface area contributed by atoms with Gasteiger partial charge >= 0.3 is 11.9 Å². The first-order valence-corrected chi connectivity index (χ1v) is 8.56. The minimum atomic E-state index is -1.22. The zero-order valence-electron chi connectivity index (χ0n) is 13.5. The molecule has 0 amide bonds. The van der Waals surface area contributed by atoms with Crippen LogP contribution in [0.15, 0.2) is 65.6 Å². The van der Waals surface area contributed by atoms with Gasteiger partial charge in [0.2, 0.25) is 0 Å². The summed E-state index contributed by atoms with van der Waals surface area (Å²) in [5.41, 5.74) is 0.880. The molecule has 0 N–H and O–H groups in total. The van der Waals surface area contributed by atoms with Gasteiger partial charge in [-0.2, -0.15) is 0 Å². The van der Waals surface area contributed by atoms with Crippen LogP contribution in [0.5, 0.6) is 0 Å². The highest BCUT2D eigenvalue weighted by Gasteiger charge is 2.48. The van der Waals surface area contributed by atoms with Crippen molar-refractivity contribution in [3.8, 4) is 0 Å². The van der Waals surface area contributed by atoms with Crippen LogP contribution in [0.4, 0.5) is 0 Å². The summed E-state index contributed by atoms with van der Waals surface area (Å²) in [5, 5.41) is -0.412. The van der Waals surface area contributed by atoms with Crippen molar-refractivity contribution < 1.29 is 19.1 Å². The molecule has 0 aromatic heterocycles. The molecule has 1 unspecified atom stereocenters. The normalized spacial score (nSPS) is 18.6. The predicted octanol–water partition coefficient (Wildman–Crippen LogP) is 3.97. The highest BCUT2D eigenvalue weighted by atomic mass is 32.2. The topological polar surface area (TPSA) is 52.6 Å². The number of esters is 2. The van der Waals surface area contributed by atoms with Crippen LogP contribution < -0.4 is 0 Å². The fourth-order valence-corrected chi connectivity index (χ4v) is 3.85. The summed E-state index contributed by atoms with van der Waals surface area (Å²) < 4.78 is 10.6. The maximum Gasteiger partial charge on any atom is 0.325 e. The molecule has 124 valence electrons. The quantitative estimate of drug-likeness (QED) is 0.478. The van der Waals surface area contributed by atoms with E-state index < -0.39 is 28.9 Å². The van der Waals surface area contributed by atoms with Gasteiger partial charge in [-0.1, -0.05) is 48.5 Å². The van der Waals surface area contributed by atoms with Gasteiger partial charge in [-0.3, -0.25) is 9.59 Å². The molecule has 1 saturated heterocycles. The van der Waals surface area contributed by atoms with E-state index in [4.69, 9.17) is 9.47 Å². The van der Waals surface area contributed by atoms with Crippen LogP contribution in [-0.2, 0) is 19.1 Å². The molecule has 1 atom stereocenters.